The van der Waals surface area contributed by atoms with Crippen molar-refractivity contribution in [1.29, 1.82) is 5.26 Å². The molecule has 82 valence electrons. The van der Waals surface area contributed by atoms with E-state index in [1.165, 1.54) is 4.90 Å². The van der Waals surface area contributed by atoms with Crippen molar-refractivity contribution in [1.82, 2.24) is 14.8 Å². The Morgan fingerprint density at radius 3 is 3.06 bits per heavy atom. The van der Waals surface area contributed by atoms with Crippen molar-refractivity contribution in [2.45, 2.75) is 6.04 Å². The lowest BCUT2D eigenvalue weighted by molar-refractivity contribution is 0.198. The summed E-state index contributed by atoms with van der Waals surface area (Å²) >= 11 is 0. The first kappa shape index (κ1) is 10.4. The molecule has 2 amide bonds. The predicted octanol–water partition coefficient (Wildman–Crippen LogP) is 1.01. The van der Waals surface area contributed by atoms with E-state index < -0.39 is 0 Å². The van der Waals surface area contributed by atoms with Gasteiger partial charge in [-0.2, -0.15) is 5.26 Å². The van der Waals surface area contributed by atoms with Crippen molar-refractivity contribution in [2.24, 2.45) is 0 Å². The largest absolute Gasteiger partial charge is 0.321 e. The fraction of sp³-hybridized carbons (Fsp3) is 0.364. The zero-order chi connectivity index (χ0) is 11.5. The summed E-state index contributed by atoms with van der Waals surface area (Å²) in [5.41, 5.74) is 0.860. The van der Waals surface area contributed by atoms with Crippen molar-refractivity contribution in [2.75, 3.05) is 20.1 Å². The summed E-state index contributed by atoms with van der Waals surface area (Å²) in [5.74, 6) is 0. The Hall–Kier alpha value is -2.09. The van der Waals surface area contributed by atoms with Crippen LogP contribution in [0.5, 0.6) is 0 Å². The number of amides is 2. The van der Waals surface area contributed by atoms with Crippen molar-refractivity contribution in [3.8, 4) is 6.07 Å². The summed E-state index contributed by atoms with van der Waals surface area (Å²) in [6.07, 6.45) is 1.71. The molecule has 1 fully saturated rings. The molecule has 1 aromatic rings. The van der Waals surface area contributed by atoms with Crippen LogP contribution >= 0.6 is 0 Å². The Morgan fingerprint density at radius 2 is 2.44 bits per heavy atom. The maximum Gasteiger partial charge on any atom is 0.321 e. The zero-order valence-electron chi connectivity index (χ0n) is 9.00. The van der Waals surface area contributed by atoms with Gasteiger partial charge in [-0.25, -0.2) is 4.79 Å². The van der Waals surface area contributed by atoms with Crippen molar-refractivity contribution >= 4 is 6.03 Å². The zero-order valence-corrected chi connectivity index (χ0v) is 9.00. The van der Waals surface area contributed by atoms with Crippen LogP contribution in [-0.4, -0.2) is 41.0 Å². The van der Waals surface area contributed by atoms with E-state index in [4.69, 9.17) is 5.26 Å². The molecule has 0 bridgehead atoms. The SMILES string of the molecule is CN1C(=O)N(CC#N)CC1c1ccccn1. The number of rotatable bonds is 2. The fourth-order valence-corrected chi connectivity index (χ4v) is 1.85. The minimum atomic E-state index is -0.114. The quantitative estimate of drug-likeness (QED) is 0.693. The van der Waals surface area contributed by atoms with E-state index in [0.29, 0.717) is 6.54 Å². The number of aromatic nitrogens is 1. The molecule has 0 aromatic carbocycles. The average molecular weight is 216 g/mol. The van der Waals surface area contributed by atoms with Gasteiger partial charge in [0.05, 0.1) is 17.8 Å². The van der Waals surface area contributed by atoms with Crippen LogP contribution in [0.25, 0.3) is 0 Å². The summed E-state index contributed by atoms with van der Waals surface area (Å²) in [6.45, 7) is 0.659. The summed E-state index contributed by atoms with van der Waals surface area (Å²) in [5, 5.41) is 8.61. The molecule has 0 radical (unpaired) electrons. The molecule has 0 saturated carbocycles. The van der Waals surface area contributed by atoms with Gasteiger partial charge >= 0.3 is 6.03 Å². The number of pyridine rings is 1. The van der Waals surface area contributed by atoms with E-state index in [9.17, 15) is 4.79 Å². The molecular weight excluding hydrogens is 204 g/mol. The minimum absolute atomic E-state index is 0.0537. The number of hydrogen-bond donors (Lipinski definition) is 0. The van der Waals surface area contributed by atoms with Gasteiger partial charge in [0.2, 0.25) is 0 Å². The van der Waals surface area contributed by atoms with Crippen LogP contribution in [0.15, 0.2) is 24.4 Å². The number of nitrogens with zero attached hydrogens (tertiary/aromatic N) is 4. The standard InChI is InChI=1S/C11H12N4O/c1-14-10(9-4-2-3-6-13-9)8-15(7-5-12)11(14)16/h2-4,6,10H,7-8H2,1H3. The average Bonchev–Trinajstić information content (AvgIpc) is 2.59. The molecule has 1 unspecified atom stereocenters. The van der Waals surface area contributed by atoms with Crippen LogP contribution in [0.3, 0.4) is 0 Å². The molecule has 1 aliphatic heterocycles. The second kappa shape index (κ2) is 4.19. The van der Waals surface area contributed by atoms with Gasteiger partial charge in [-0.1, -0.05) is 6.07 Å². The molecule has 0 spiro atoms. The number of nitriles is 1. The van der Waals surface area contributed by atoms with Crippen LogP contribution < -0.4 is 0 Å². The van der Waals surface area contributed by atoms with Crippen LogP contribution in [0.1, 0.15) is 11.7 Å². The smallest absolute Gasteiger partial charge is 0.317 e. The molecule has 2 rings (SSSR count). The first-order valence-corrected chi connectivity index (χ1v) is 5.03. The van der Waals surface area contributed by atoms with Crippen LogP contribution in [0.2, 0.25) is 0 Å². The van der Waals surface area contributed by atoms with E-state index in [2.05, 4.69) is 4.98 Å². The molecule has 1 aliphatic rings. The van der Waals surface area contributed by atoms with Crippen molar-refractivity contribution in [3.05, 3.63) is 30.1 Å². The summed E-state index contributed by atoms with van der Waals surface area (Å²) in [4.78, 5) is 19.1. The van der Waals surface area contributed by atoms with E-state index in [-0.39, 0.29) is 18.6 Å². The molecular formula is C11H12N4O. The first-order chi connectivity index (χ1) is 7.74. The molecule has 5 heteroatoms. The number of hydrogen-bond acceptors (Lipinski definition) is 3. The van der Waals surface area contributed by atoms with E-state index >= 15 is 0 Å². The molecule has 1 atom stereocenters. The summed E-state index contributed by atoms with van der Waals surface area (Å²) < 4.78 is 0. The van der Waals surface area contributed by atoms with Gasteiger partial charge in [0, 0.05) is 19.8 Å². The third-order valence-electron chi connectivity index (χ3n) is 2.72. The second-order valence-electron chi connectivity index (χ2n) is 3.70. The van der Waals surface area contributed by atoms with Crippen LogP contribution in [0, 0.1) is 11.3 Å². The van der Waals surface area contributed by atoms with Crippen LogP contribution in [0.4, 0.5) is 4.79 Å². The molecule has 0 N–H and O–H groups in total. The third-order valence-corrected chi connectivity index (χ3v) is 2.72. The van der Waals surface area contributed by atoms with Gasteiger partial charge in [-0.05, 0) is 12.1 Å². The number of urea groups is 1. The molecule has 2 heterocycles. The lowest BCUT2D eigenvalue weighted by atomic mass is 10.2. The minimum Gasteiger partial charge on any atom is -0.317 e. The predicted molar refractivity (Wildman–Crippen MR) is 57.3 cm³/mol. The molecule has 1 saturated heterocycles. The highest BCUT2D eigenvalue weighted by atomic mass is 16.2. The Bertz CT molecular complexity index is 425. The lowest BCUT2D eigenvalue weighted by Crippen LogP contribution is -2.29. The van der Waals surface area contributed by atoms with Gasteiger partial charge in [-0.3, -0.25) is 4.98 Å². The van der Waals surface area contributed by atoms with Gasteiger partial charge in [0.25, 0.3) is 0 Å². The Morgan fingerprint density at radius 1 is 1.62 bits per heavy atom. The third kappa shape index (κ3) is 1.70. The maximum atomic E-state index is 11.8. The van der Waals surface area contributed by atoms with Gasteiger partial charge < -0.3 is 9.80 Å². The van der Waals surface area contributed by atoms with E-state index in [0.717, 1.165) is 5.69 Å². The lowest BCUT2D eigenvalue weighted by Gasteiger charge is -2.16. The summed E-state index contributed by atoms with van der Waals surface area (Å²) in [6, 6.07) is 7.45. The molecule has 5 nitrogen and oxygen atoms in total. The Kier molecular flexibility index (Phi) is 2.73. The maximum absolute atomic E-state index is 11.8. The highest BCUT2D eigenvalue weighted by molar-refractivity contribution is 5.77. The van der Waals surface area contributed by atoms with Crippen molar-refractivity contribution < 1.29 is 4.79 Å². The van der Waals surface area contributed by atoms with Gasteiger partial charge in [0.15, 0.2) is 0 Å². The van der Waals surface area contributed by atoms with E-state index in [1.54, 1.807) is 18.1 Å². The number of carbonyl (C=O) groups is 1. The Balaban J connectivity index is 2.20. The normalized spacial score (nSPS) is 20.0. The van der Waals surface area contributed by atoms with Crippen LogP contribution in [-0.2, 0) is 0 Å². The highest BCUT2D eigenvalue weighted by Gasteiger charge is 2.35. The first-order valence-electron chi connectivity index (χ1n) is 5.03. The fourth-order valence-electron chi connectivity index (χ4n) is 1.85. The highest BCUT2D eigenvalue weighted by Crippen LogP contribution is 2.25. The topological polar surface area (TPSA) is 60.2 Å². The van der Waals surface area contributed by atoms with Crippen molar-refractivity contribution in [3.63, 3.8) is 0 Å². The second-order valence-corrected chi connectivity index (χ2v) is 3.70. The van der Waals surface area contributed by atoms with Gasteiger partial charge in [-0.15, -0.1) is 0 Å². The molecule has 16 heavy (non-hydrogen) atoms. The molecule has 0 aliphatic carbocycles. The summed E-state index contributed by atoms with van der Waals surface area (Å²) in [7, 11) is 1.74. The monoisotopic (exact) mass is 216 g/mol. The van der Waals surface area contributed by atoms with Gasteiger partial charge in [0.1, 0.15) is 6.54 Å². The van der Waals surface area contributed by atoms with E-state index in [1.807, 2.05) is 24.3 Å². The molecule has 1 aromatic heterocycles. The number of likely N-dealkylation sites (N-methyl/N-ethyl adjacent to an activating group) is 1. The Labute approximate surface area is 93.9 Å². The number of carbonyl (C=O) groups excluding carboxylic acids is 1.